The lowest BCUT2D eigenvalue weighted by Gasteiger charge is -2.04. The molecule has 21 heavy (non-hydrogen) atoms. The van der Waals surface area contributed by atoms with Crippen LogP contribution in [0.3, 0.4) is 0 Å². The number of aryl methyl sites for hydroxylation is 1. The second-order valence-corrected chi connectivity index (χ2v) is 5.76. The van der Waals surface area contributed by atoms with Crippen LogP contribution < -0.4 is 5.32 Å². The van der Waals surface area contributed by atoms with Crippen molar-refractivity contribution in [1.29, 1.82) is 0 Å². The fourth-order valence-electron chi connectivity index (χ4n) is 2.07. The first-order chi connectivity index (χ1) is 10.2. The first-order valence-corrected chi connectivity index (χ1v) is 7.53. The number of carbonyl (C=O) groups is 1. The van der Waals surface area contributed by atoms with Gasteiger partial charge in [-0.25, -0.2) is 0 Å². The van der Waals surface area contributed by atoms with Crippen molar-refractivity contribution < 1.29 is 4.79 Å². The van der Waals surface area contributed by atoms with Crippen LogP contribution in [0.1, 0.15) is 21.6 Å². The third-order valence-electron chi connectivity index (χ3n) is 3.12. The van der Waals surface area contributed by atoms with E-state index in [1.807, 2.05) is 54.8 Å². The Morgan fingerprint density at radius 2 is 2.19 bits per heavy atom. The zero-order valence-electron chi connectivity index (χ0n) is 11.6. The lowest BCUT2D eigenvalue weighted by atomic mass is 10.1. The van der Waals surface area contributed by atoms with Gasteiger partial charge in [-0.1, -0.05) is 23.8 Å². The molecule has 4 nitrogen and oxygen atoms in total. The van der Waals surface area contributed by atoms with Gasteiger partial charge in [-0.3, -0.25) is 9.89 Å². The highest BCUT2D eigenvalue weighted by Crippen LogP contribution is 2.22. The Hall–Kier alpha value is -2.40. The first kappa shape index (κ1) is 13.6. The summed E-state index contributed by atoms with van der Waals surface area (Å²) in [5.41, 5.74) is 3.54. The lowest BCUT2D eigenvalue weighted by molar-refractivity contribution is 0.0950. The Kier molecular flexibility index (Phi) is 3.83. The fraction of sp³-hybridized carbons (Fsp3) is 0.125. The van der Waals surface area contributed by atoms with Crippen LogP contribution in [-0.4, -0.2) is 16.1 Å². The predicted molar refractivity (Wildman–Crippen MR) is 84.2 cm³/mol. The standard InChI is InChI=1S/C16H15N3OS/c1-11-4-2-5-12(8-11)16(20)17-10-13-9-14(19-18-13)15-6-3-7-21-15/h2-9H,10H2,1H3,(H,17,20)(H,18,19). The lowest BCUT2D eigenvalue weighted by Crippen LogP contribution is -2.22. The quantitative estimate of drug-likeness (QED) is 0.775. The van der Waals surface area contributed by atoms with Crippen molar-refractivity contribution >= 4 is 17.2 Å². The molecule has 0 spiro atoms. The summed E-state index contributed by atoms with van der Waals surface area (Å²) in [5, 5.41) is 12.1. The molecule has 0 aliphatic heterocycles. The van der Waals surface area contributed by atoms with Crippen LogP contribution in [0.5, 0.6) is 0 Å². The fourth-order valence-corrected chi connectivity index (χ4v) is 2.75. The zero-order valence-corrected chi connectivity index (χ0v) is 12.4. The van der Waals surface area contributed by atoms with E-state index >= 15 is 0 Å². The van der Waals surface area contributed by atoms with Gasteiger partial charge >= 0.3 is 0 Å². The number of hydrogen-bond donors (Lipinski definition) is 2. The highest BCUT2D eigenvalue weighted by Gasteiger charge is 2.08. The SMILES string of the molecule is Cc1cccc(C(=O)NCc2cc(-c3cccs3)n[nH]2)c1. The number of aromatic nitrogens is 2. The second kappa shape index (κ2) is 5.93. The number of rotatable bonds is 4. The molecule has 0 atom stereocenters. The zero-order chi connectivity index (χ0) is 14.7. The van der Waals surface area contributed by atoms with Crippen LogP contribution in [0, 0.1) is 6.92 Å². The Morgan fingerprint density at radius 1 is 1.29 bits per heavy atom. The molecule has 0 unspecified atom stereocenters. The van der Waals surface area contributed by atoms with Crippen molar-refractivity contribution in [1.82, 2.24) is 15.5 Å². The summed E-state index contributed by atoms with van der Waals surface area (Å²) in [4.78, 5) is 13.2. The van der Waals surface area contributed by atoms with Gasteiger partial charge in [0.05, 0.1) is 17.1 Å². The minimum absolute atomic E-state index is 0.0778. The van der Waals surface area contributed by atoms with Crippen LogP contribution in [0.2, 0.25) is 0 Å². The summed E-state index contributed by atoms with van der Waals surface area (Å²) >= 11 is 1.64. The summed E-state index contributed by atoms with van der Waals surface area (Å²) in [7, 11) is 0. The van der Waals surface area contributed by atoms with Crippen LogP contribution in [0.25, 0.3) is 10.6 Å². The van der Waals surface area contributed by atoms with Gasteiger partial charge in [0.2, 0.25) is 0 Å². The second-order valence-electron chi connectivity index (χ2n) is 4.81. The summed E-state index contributed by atoms with van der Waals surface area (Å²) in [5.74, 6) is -0.0778. The number of nitrogens with zero attached hydrogens (tertiary/aromatic N) is 1. The molecule has 0 aliphatic carbocycles. The van der Waals surface area contributed by atoms with Crippen LogP contribution >= 0.6 is 11.3 Å². The molecule has 3 rings (SSSR count). The van der Waals surface area contributed by atoms with Gasteiger partial charge in [-0.05, 0) is 36.6 Å². The molecule has 0 saturated heterocycles. The van der Waals surface area contributed by atoms with Gasteiger partial charge in [-0.15, -0.1) is 11.3 Å². The average molecular weight is 297 g/mol. The van der Waals surface area contributed by atoms with Crippen molar-refractivity contribution in [3.05, 3.63) is 64.7 Å². The summed E-state index contributed by atoms with van der Waals surface area (Å²) in [6, 6.07) is 13.5. The Bertz CT molecular complexity index is 746. The van der Waals surface area contributed by atoms with Gasteiger partial charge in [0.1, 0.15) is 5.69 Å². The third-order valence-corrected chi connectivity index (χ3v) is 4.02. The number of H-pyrrole nitrogens is 1. The van der Waals surface area contributed by atoms with Crippen molar-refractivity contribution in [2.75, 3.05) is 0 Å². The monoisotopic (exact) mass is 297 g/mol. The van der Waals surface area contributed by atoms with E-state index in [1.165, 1.54) is 0 Å². The first-order valence-electron chi connectivity index (χ1n) is 6.65. The molecule has 2 heterocycles. The normalized spacial score (nSPS) is 10.5. The molecule has 1 amide bonds. The molecule has 0 bridgehead atoms. The number of carbonyl (C=O) groups excluding carboxylic acids is 1. The predicted octanol–water partition coefficient (Wildman–Crippen LogP) is 3.38. The molecule has 1 aromatic carbocycles. The van der Waals surface area contributed by atoms with Crippen LogP contribution in [-0.2, 0) is 6.54 Å². The van der Waals surface area contributed by atoms with Crippen molar-refractivity contribution in [2.24, 2.45) is 0 Å². The molecule has 2 aromatic heterocycles. The molecule has 106 valence electrons. The topological polar surface area (TPSA) is 57.8 Å². The van der Waals surface area contributed by atoms with Crippen LogP contribution in [0.15, 0.2) is 47.8 Å². The number of aromatic amines is 1. The smallest absolute Gasteiger partial charge is 0.251 e. The molecule has 0 saturated carbocycles. The van der Waals surface area contributed by atoms with Crippen LogP contribution in [0.4, 0.5) is 0 Å². The number of nitrogens with one attached hydrogen (secondary N) is 2. The molecule has 0 aliphatic rings. The van der Waals surface area contributed by atoms with Gasteiger partial charge in [-0.2, -0.15) is 5.10 Å². The minimum atomic E-state index is -0.0778. The third kappa shape index (κ3) is 3.20. The summed E-state index contributed by atoms with van der Waals surface area (Å²) < 4.78 is 0. The number of benzene rings is 1. The maximum Gasteiger partial charge on any atom is 0.251 e. The molecule has 3 aromatic rings. The number of hydrogen-bond acceptors (Lipinski definition) is 3. The van der Waals surface area contributed by atoms with Gasteiger partial charge < -0.3 is 5.32 Å². The Balaban J connectivity index is 1.64. The van der Waals surface area contributed by atoms with E-state index in [4.69, 9.17) is 0 Å². The Morgan fingerprint density at radius 3 is 2.95 bits per heavy atom. The molecule has 0 radical (unpaired) electrons. The van der Waals surface area contributed by atoms with Crippen molar-refractivity contribution in [2.45, 2.75) is 13.5 Å². The summed E-state index contributed by atoms with van der Waals surface area (Å²) in [6.07, 6.45) is 0. The van der Waals surface area contributed by atoms with E-state index in [9.17, 15) is 4.79 Å². The van der Waals surface area contributed by atoms with Gasteiger partial charge in [0.25, 0.3) is 5.91 Å². The van der Waals surface area contributed by atoms with Gasteiger partial charge in [0.15, 0.2) is 0 Å². The molecular weight excluding hydrogens is 282 g/mol. The molecule has 0 fully saturated rings. The van der Waals surface area contributed by atoms with E-state index in [-0.39, 0.29) is 5.91 Å². The average Bonchev–Trinajstić information content (AvgIpc) is 3.15. The maximum atomic E-state index is 12.1. The Labute approximate surface area is 126 Å². The minimum Gasteiger partial charge on any atom is -0.346 e. The van der Waals surface area contributed by atoms with E-state index in [1.54, 1.807) is 11.3 Å². The molecule has 5 heteroatoms. The largest absolute Gasteiger partial charge is 0.346 e. The highest BCUT2D eigenvalue weighted by atomic mass is 32.1. The van der Waals surface area contributed by atoms with Crippen molar-refractivity contribution in [3.8, 4) is 10.6 Å². The highest BCUT2D eigenvalue weighted by molar-refractivity contribution is 7.13. The molecule has 2 N–H and O–H groups in total. The van der Waals surface area contributed by atoms with E-state index in [2.05, 4.69) is 15.5 Å². The van der Waals surface area contributed by atoms with E-state index in [0.29, 0.717) is 12.1 Å². The molecular formula is C16H15N3OS. The van der Waals surface area contributed by atoms with Gasteiger partial charge in [0, 0.05) is 5.56 Å². The number of thiophene rings is 1. The summed E-state index contributed by atoms with van der Waals surface area (Å²) in [6.45, 7) is 2.41. The maximum absolute atomic E-state index is 12.1. The van der Waals surface area contributed by atoms with E-state index in [0.717, 1.165) is 21.8 Å². The number of amides is 1. The van der Waals surface area contributed by atoms with E-state index < -0.39 is 0 Å². The van der Waals surface area contributed by atoms with Crippen molar-refractivity contribution in [3.63, 3.8) is 0 Å².